The summed E-state index contributed by atoms with van der Waals surface area (Å²) in [7, 11) is 0. The van der Waals surface area contributed by atoms with Crippen LogP contribution in [0.15, 0.2) is 29.6 Å². The molecule has 0 unspecified atom stereocenters. The van der Waals surface area contributed by atoms with Crippen molar-refractivity contribution in [2.45, 2.75) is 25.8 Å². The molecule has 1 aromatic heterocycles. The van der Waals surface area contributed by atoms with E-state index in [1.54, 1.807) is 0 Å². The van der Waals surface area contributed by atoms with E-state index in [4.69, 9.17) is 0 Å². The molecule has 1 aliphatic heterocycles. The quantitative estimate of drug-likeness (QED) is 0.883. The van der Waals surface area contributed by atoms with E-state index in [2.05, 4.69) is 29.4 Å². The van der Waals surface area contributed by atoms with Crippen LogP contribution >= 0.6 is 11.3 Å². The molecule has 23 heavy (non-hydrogen) atoms. The smallest absolute Gasteiger partial charge is 0.240 e. The Bertz CT molecular complexity index is 669. The summed E-state index contributed by atoms with van der Waals surface area (Å²) in [6, 6.07) is 8.28. The van der Waals surface area contributed by atoms with Crippen molar-refractivity contribution in [3.8, 4) is 11.3 Å². The van der Waals surface area contributed by atoms with Crippen LogP contribution in [0.2, 0.25) is 0 Å². The highest BCUT2D eigenvalue weighted by atomic mass is 32.1. The SMILES string of the molecule is Cc1ccc(-c2csc(NC(=O)CN3CCC[C@H]3CO)n2)cc1. The molecule has 1 aromatic carbocycles. The van der Waals surface area contributed by atoms with Gasteiger partial charge in [0.1, 0.15) is 0 Å². The average Bonchev–Trinajstić information content (AvgIpc) is 3.17. The molecule has 2 N–H and O–H groups in total. The highest BCUT2D eigenvalue weighted by Crippen LogP contribution is 2.25. The number of nitrogens with one attached hydrogen (secondary N) is 1. The first-order valence-electron chi connectivity index (χ1n) is 7.83. The molecular formula is C17H21N3O2S. The van der Waals surface area contributed by atoms with Crippen LogP contribution in [0.3, 0.4) is 0 Å². The van der Waals surface area contributed by atoms with Crippen LogP contribution in [0.1, 0.15) is 18.4 Å². The van der Waals surface area contributed by atoms with Crippen LogP contribution in [0, 0.1) is 6.92 Å². The Balaban J connectivity index is 1.60. The third-order valence-corrected chi connectivity index (χ3v) is 4.91. The standard InChI is InChI=1S/C17H21N3O2S/c1-12-4-6-13(7-5-12)15-11-23-17(18-15)19-16(22)9-20-8-2-3-14(20)10-21/h4-7,11,14,21H,2-3,8-10H2,1H3,(H,18,19,22)/t14-/m0/s1. The van der Waals surface area contributed by atoms with E-state index in [0.717, 1.165) is 30.6 Å². The zero-order chi connectivity index (χ0) is 16.2. The van der Waals surface area contributed by atoms with Gasteiger partial charge in [0.15, 0.2) is 5.13 Å². The van der Waals surface area contributed by atoms with Crippen molar-refractivity contribution in [1.29, 1.82) is 0 Å². The van der Waals surface area contributed by atoms with E-state index in [9.17, 15) is 9.90 Å². The molecule has 3 rings (SSSR count). The number of hydrogen-bond donors (Lipinski definition) is 2. The average molecular weight is 331 g/mol. The highest BCUT2D eigenvalue weighted by molar-refractivity contribution is 7.14. The molecule has 0 spiro atoms. The topological polar surface area (TPSA) is 65.5 Å². The van der Waals surface area contributed by atoms with Crippen LogP contribution in [0.4, 0.5) is 5.13 Å². The summed E-state index contributed by atoms with van der Waals surface area (Å²) in [5.74, 6) is -0.0739. The number of benzene rings is 1. The number of likely N-dealkylation sites (tertiary alicyclic amines) is 1. The Morgan fingerprint density at radius 3 is 2.96 bits per heavy atom. The monoisotopic (exact) mass is 331 g/mol. The fourth-order valence-electron chi connectivity index (χ4n) is 2.84. The minimum Gasteiger partial charge on any atom is -0.395 e. The lowest BCUT2D eigenvalue weighted by Gasteiger charge is -2.21. The lowest BCUT2D eigenvalue weighted by atomic mass is 10.1. The second kappa shape index (κ2) is 7.21. The van der Waals surface area contributed by atoms with E-state index in [1.165, 1.54) is 16.9 Å². The van der Waals surface area contributed by atoms with E-state index in [1.807, 2.05) is 22.4 Å². The van der Waals surface area contributed by atoms with Crippen molar-refractivity contribution in [3.05, 3.63) is 35.2 Å². The second-order valence-electron chi connectivity index (χ2n) is 5.90. The molecule has 5 nitrogen and oxygen atoms in total. The summed E-state index contributed by atoms with van der Waals surface area (Å²) in [5, 5.41) is 14.7. The van der Waals surface area contributed by atoms with Gasteiger partial charge in [0, 0.05) is 17.0 Å². The number of aryl methyl sites for hydroxylation is 1. The number of amides is 1. The fourth-order valence-corrected chi connectivity index (χ4v) is 3.58. The largest absolute Gasteiger partial charge is 0.395 e. The summed E-state index contributed by atoms with van der Waals surface area (Å²) in [5.41, 5.74) is 3.13. The third-order valence-electron chi connectivity index (χ3n) is 4.15. The minimum atomic E-state index is -0.0739. The number of aliphatic hydroxyl groups excluding tert-OH is 1. The molecule has 0 aliphatic carbocycles. The number of rotatable bonds is 5. The normalized spacial score (nSPS) is 18.3. The van der Waals surface area contributed by atoms with Gasteiger partial charge in [0.2, 0.25) is 5.91 Å². The summed E-state index contributed by atoms with van der Waals surface area (Å²) in [6.45, 7) is 3.34. The van der Waals surface area contributed by atoms with Crippen molar-refractivity contribution >= 4 is 22.4 Å². The number of anilines is 1. The maximum Gasteiger partial charge on any atom is 0.240 e. The first-order valence-corrected chi connectivity index (χ1v) is 8.71. The maximum absolute atomic E-state index is 12.2. The first kappa shape index (κ1) is 16.1. The fraction of sp³-hybridized carbons (Fsp3) is 0.412. The summed E-state index contributed by atoms with van der Waals surface area (Å²) >= 11 is 1.43. The Hall–Kier alpha value is -1.76. The van der Waals surface area contributed by atoms with Gasteiger partial charge < -0.3 is 10.4 Å². The Labute approximate surface area is 140 Å². The van der Waals surface area contributed by atoms with Crippen LogP contribution in [-0.4, -0.2) is 46.6 Å². The van der Waals surface area contributed by atoms with Crippen molar-refractivity contribution in [1.82, 2.24) is 9.88 Å². The third kappa shape index (κ3) is 3.96. The molecule has 1 fully saturated rings. The maximum atomic E-state index is 12.2. The summed E-state index contributed by atoms with van der Waals surface area (Å²) in [6.07, 6.45) is 1.99. The van der Waals surface area contributed by atoms with Gasteiger partial charge in [0.25, 0.3) is 0 Å². The molecule has 2 aromatic rings. The predicted octanol–water partition coefficient (Wildman–Crippen LogP) is 2.51. The number of aliphatic hydroxyl groups is 1. The molecule has 0 bridgehead atoms. The van der Waals surface area contributed by atoms with Crippen LogP contribution in [-0.2, 0) is 4.79 Å². The van der Waals surface area contributed by atoms with Gasteiger partial charge in [-0.1, -0.05) is 29.8 Å². The predicted molar refractivity (Wildman–Crippen MR) is 92.6 cm³/mol. The van der Waals surface area contributed by atoms with E-state index in [-0.39, 0.29) is 18.6 Å². The molecule has 1 amide bonds. The molecule has 1 saturated heterocycles. The van der Waals surface area contributed by atoms with Gasteiger partial charge in [-0.05, 0) is 26.3 Å². The van der Waals surface area contributed by atoms with E-state index >= 15 is 0 Å². The van der Waals surface area contributed by atoms with Crippen LogP contribution in [0.5, 0.6) is 0 Å². The van der Waals surface area contributed by atoms with Crippen LogP contribution < -0.4 is 5.32 Å². The zero-order valence-corrected chi connectivity index (χ0v) is 14.0. The number of nitrogens with zero attached hydrogens (tertiary/aromatic N) is 2. The molecular weight excluding hydrogens is 310 g/mol. The summed E-state index contributed by atoms with van der Waals surface area (Å²) in [4.78, 5) is 18.7. The summed E-state index contributed by atoms with van der Waals surface area (Å²) < 4.78 is 0. The van der Waals surface area contributed by atoms with Gasteiger partial charge in [-0.15, -0.1) is 11.3 Å². The van der Waals surface area contributed by atoms with Crippen LogP contribution in [0.25, 0.3) is 11.3 Å². The van der Waals surface area contributed by atoms with Crippen molar-refractivity contribution in [2.24, 2.45) is 0 Å². The molecule has 0 radical (unpaired) electrons. The minimum absolute atomic E-state index is 0.0739. The molecule has 2 heterocycles. The zero-order valence-electron chi connectivity index (χ0n) is 13.2. The number of thiazole rings is 1. The van der Waals surface area contributed by atoms with E-state index < -0.39 is 0 Å². The van der Waals surface area contributed by atoms with E-state index in [0.29, 0.717) is 11.7 Å². The lowest BCUT2D eigenvalue weighted by molar-refractivity contribution is -0.117. The number of carbonyl (C=O) groups is 1. The van der Waals surface area contributed by atoms with Crippen molar-refractivity contribution in [3.63, 3.8) is 0 Å². The molecule has 6 heteroatoms. The number of hydrogen-bond acceptors (Lipinski definition) is 5. The first-order chi connectivity index (χ1) is 11.2. The molecule has 122 valence electrons. The Morgan fingerprint density at radius 2 is 2.22 bits per heavy atom. The van der Waals surface area contributed by atoms with Gasteiger partial charge >= 0.3 is 0 Å². The lowest BCUT2D eigenvalue weighted by Crippen LogP contribution is -2.38. The Morgan fingerprint density at radius 1 is 1.43 bits per heavy atom. The van der Waals surface area contributed by atoms with Gasteiger partial charge in [-0.25, -0.2) is 4.98 Å². The molecule has 1 atom stereocenters. The Kier molecular flexibility index (Phi) is 5.05. The number of carbonyl (C=O) groups excluding carboxylic acids is 1. The second-order valence-corrected chi connectivity index (χ2v) is 6.76. The highest BCUT2D eigenvalue weighted by Gasteiger charge is 2.25. The number of aromatic nitrogens is 1. The van der Waals surface area contributed by atoms with Crippen molar-refractivity contribution < 1.29 is 9.90 Å². The van der Waals surface area contributed by atoms with Gasteiger partial charge in [-0.2, -0.15) is 0 Å². The molecule has 0 saturated carbocycles. The molecule has 1 aliphatic rings. The van der Waals surface area contributed by atoms with Crippen molar-refractivity contribution in [2.75, 3.05) is 25.0 Å². The van der Waals surface area contributed by atoms with Gasteiger partial charge in [0.05, 0.1) is 18.8 Å². The van der Waals surface area contributed by atoms with Gasteiger partial charge in [-0.3, -0.25) is 9.69 Å².